The van der Waals surface area contributed by atoms with E-state index in [9.17, 15) is 0 Å². The molecular formula is C2H17AlCaMg2O8. The number of carboxylic acid groups (broad SMARTS) is 4. The van der Waals surface area contributed by atoms with E-state index in [1.54, 1.807) is 0 Å². The smallest absolute Gasteiger partial charge is 0.316 e. The maximum atomic E-state index is 8.56. The van der Waals surface area contributed by atoms with Gasteiger partial charge in [0.25, 0.3) is 0 Å². The first-order valence-electron chi connectivity index (χ1n) is 1.30. The zero-order valence-corrected chi connectivity index (χ0v) is 4.61. The van der Waals surface area contributed by atoms with Gasteiger partial charge in [0.2, 0.25) is 0 Å². The van der Waals surface area contributed by atoms with Crippen LogP contribution in [-0.2, 0) is 0 Å². The third kappa shape index (κ3) is 707. The molecule has 0 saturated heterocycles. The van der Waals surface area contributed by atoms with E-state index in [0.717, 1.165) is 0 Å². The molecule has 8 N–H and O–H groups in total. The number of rotatable bonds is 0. The van der Waals surface area contributed by atoms with Gasteiger partial charge in [-0.3, -0.25) is 0 Å². The van der Waals surface area contributed by atoms with Gasteiger partial charge in [0.15, 0.2) is 17.4 Å². The van der Waals surface area contributed by atoms with Crippen molar-refractivity contribution < 1.29 is 41.0 Å². The van der Waals surface area contributed by atoms with Gasteiger partial charge in [0.05, 0.1) is 0 Å². The normalized spacial score (nSPS) is 3.43. The second-order valence-electron chi connectivity index (χ2n) is 0.565. The quantitative estimate of drug-likeness (QED) is 0.323. The first-order chi connectivity index (χ1) is 3.46. The van der Waals surface area contributed by atoms with Crippen LogP contribution in [0.1, 0.15) is 0 Å². The van der Waals surface area contributed by atoms with E-state index >= 15 is 0 Å². The van der Waals surface area contributed by atoms with Crippen molar-refractivity contribution in [1.29, 1.82) is 0 Å². The first kappa shape index (κ1) is 56.9. The number of carbonyl (C=O) groups is 2. The van der Waals surface area contributed by atoms with Gasteiger partial charge in [-0.25, -0.2) is 9.59 Å². The van der Waals surface area contributed by atoms with Crippen LogP contribution >= 0.6 is 0 Å². The Labute approximate surface area is 152 Å². The van der Waals surface area contributed by atoms with Gasteiger partial charge < -0.3 is 31.4 Å². The molecule has 82 valence electrons. The average Bonchev–Trinajstić information content (AvgIpc) is 1.25. The molecule has 0 amide bonds. The Kier molecular flexibility index (Phi) is 189. The molecule has 0 aliphatic carbocycles. The minimum atomic E-state index is -1.83. The van der Waals surface area contributed by atoms with E-state index < -0.39 is 12.3 Å². The van der Waals surface area contributed by atoms with E-state index in [-0.39, 0.29) is 112 Å². The van der Waals surface area contributed by atoms with Gasteiger partial charge in [-0.15, -0.1) is 0 Å². The van der Waals surface area contributed by atoms with Crippen LogP contribution in [0.2, 0.25) is 0 Å². The zero-order valence-electron chi connectivity index (χ0n) is 4.61. The molecule has 0 spiro atoms. The van der Waals surface area contributed by atoms with Crippen molar-refractivity contribution >= 4 is 114 Å². The molecule has 0 saturated carbocycles. The predicted octanol–water partition coefficient (Wildman–Crippen LogP) is -5.14. The fraction of sp³-hybridized carbons (Fsp3) is 0. The second kappa shape index (κ2) is 46.4. The van der Waals surface area contributed by atoms with Gasteiger partial charge in [-0.05, 0) is 0 Å². The van der Waals surface area contributed by atoms with Crippen LogP contribution in [0.5, 0.6) is 0 Å². The minimum absolute atomic E-state index is 0. The molecule has 8 nitrogen and oxygen atoms in total. The summed E-state index contributed by atoms with van der Waals surface area (Å²) in [7, 11) is 0. The molecule has 14 heavy (non-hydrogen) atoms. The van der Waals surface area contributed by atoms with Gasteiger partial charge in [0, 0.05) is 0 Å². The summed E-state index contributed by atoms with van der Waals surface area (Å²) in [5.41, 5.74) is 0. The van der Waals surface area contributed by atoms with Gasteiger partial charge in [-0.2, -0.15) is 0 Å². The fourth-order valence-corrected chi connectivity index (χ4v) is 0. The number of hydrogen-bond donors (Lipinski definition) is 4. The van der Waals surface area contributed by atoms with Crippen molar-refractivity contribution in [3.05, 3.63) is 0 Å². The van der Waals surface area contributed by atoms with E-state index in [4.69, 9.17) is 30.0 Å². The van der Waals surface area contributed by atoms with Crippen LogP contribution < -0.4 is 0 Å². The molecule has 0 fully saturated rings. The van der Waals surface area contributed by atoms with Crippen LogP contribution in [0.25, 0.3) is 0 Å². The monoisotopic (exact) mass is 284 g/mol. The zero-order chi connectivity index (χ0) is 7.15. The Bertz CT molecular complexity index is 83.3. The van der Waals surface area contributed by atoms with Crippen LogP contribution in [-0.4, -0.2) is 145 Å². The molecule has 0 unspecified atom stereocenters. The van der Waals surface area contributed by atoms with Crippen molar-refractivity contribution in [3.8, 4) is 0 Å². The molecule has 0 aromatic carbocycles. The summed E-state index contributed by atoms with van der Waals surface area (Å²) in [6, 6.07) is 0. The molecule has 0 radical (unpaired) electrons. The summed E-state index contributed by atoms with van der Waals surface area (Å²) in [6.45, 7) is 0. The molecule has 0 heterocycles. The van der Waals surface area contributed by atoms with Crippen molar-refractivity contribution in [2.24, 2.45) is 0 Å². The summed E-state index contributed by atoms with van der Waals surface area (Å²) < 4.78 is 0. The molecule has 0 aromatic rings. The summed E-state index contributed by atoms with van der Waals surface area (Å²) in [4.78, 5) is 17.1. The standard InChI is InChI=1S/2CH2O3.Al.Ca.2Mg.2H2O.9H/c2*2-1(3)4;;;;;;;;;;;;;;;/h2*(H2,2,3,4);;;;;2*1H2;;;;;;;;;. The van der Waals surface area contributed by atoms with Crippen LogP contribution in [0, 0.1) is 0 Å². The third-order valence-electron chi connectivity index (χ3n) is 0. The fourth-order valence-electron chi connectivity index (χ4n) is 0. The molecule has 12 heteroatoms. The molecule has 0 rings (SSSR count). The molecular weight excluding hydrogens is 268 g/mol. The van der Waals surface area contributed by atoms with Gasteiger partial charge >= 0.3 is 96.2 Å². The van der Waals surface area contributed by atoms with Crippen LogP contribution in [0.15, 0.2) is 0 Å². The van der Waals surface area contributed by atoms with E-state index in [1.165, 1.54) is 0 Å². The average molecular weight is 285 g/mol. The Balaban J connectivity index is -0.00000000600. The maximum absolute atomic E-state index is 8.56. The minimum Gasteiger partial charge on any atom is 0.316 e. The second-order valence-corrected chi connectivity index (χ2v) is 0.565. The van der Waals surface area contributed by atoms with Gasteiger partial charge in [-0.1, -0.05) is 0 Å². The largest absolute Gasteiger partial charge is 0.316 e. The molecule has 0 aliphatic rings. The molecule has 0 bridgehead atoms. The summed E-state index contributed by atoms with van der Waals surface area (Å²) in [5.74, 6) is 0. The Hall–Kier alpha value is 1.78. The van der Waals surface area contributed by atoms with Crippen molar-refractivity contribution in [1.82, 2.24) is 0 Å². The maximum Gasteiger partial charge on any atom is 0.316 e. The summed E-state index contributed by atoms with van der Waals surface area (Å²) in [6.07, 6.45) is -3.67. The van der Waals surface area contributed by atoms with Crippen LogP contribution in [0.4, 0.5) is 9.59 Å². The van der Waals surface area contributed by atoms with Crippen molar-refractivity contribution in [2.45, 2.75) is 0 Å². The predicted molar refractivity (Wildman–Crippen MR) is 64.1 cm³/mol. The van der Waals surface area contributed by atoms with Crippen molar-refractivity contribution in [2.75, 3.05) is 0 Å². The molecule has 0 aliphatic heterocycles. The number of hydrogen-bond acceptors (Lipinski definition) is 2. The summed E-state index contributed by atoms with van der Waals surface area (Å²) in [5, 5.41) is 27.9. The van der Waals surface area contributed by atoms with E-state index in [2.05, 4.69) is 0 Å². The molecule has 0 atom stereocenters. The Morgan fingerprint density at radius 2 is 0.714 bits per heavy atom. The Morgan fingerprint density at radius 3 is 0.714 bits per heavy atom. The van der Waals surface area contributed by atoms with Crippen molar-refractivity contribution in [3.63, 3.8) is 0 Å². The molecule has 0 aromatic heterocycles. The van der Waals surface area contributed by atoms with E-state index in [1.807, 2.05) is 0 Å². The summed E-state index contributed by atoms with van der Waals surface area (Å²) >= 11 is 0. The van der Waals surface area contributed by atoms with E-state index in [0.29, 0.717) is 0 Å². The van der Waals surface area contributed by atoms with Crippen LogP contribution in [0.3, 0.4) is 0 Å². The SMILES string of the molecule is O.O.O=C(O)O.O=C(O)O.[AlH3].[CaH2].[MgH2].[MgH2]. The topological polar surface area (TPSA) is 178 Å². The first-order valence-corrected chi connectivity index (χ1v) is 1.30. The third-order valence-corrected chi connectivity index (χ3v) is 0. The Morgan fingerprint density at radius 1 is 0.714 bits per heavy atom. The van der Waals surface area contributed by atoms with Gasteiger partial charge in [0.1, 0.15) is 0 Å².